The van der Waals surface area contributed by atoms with Gasteiger partial charge in [0.25, 0.3) is 0 Å². The van der Waals surface area contributed by atoms with Crippen LogP contribution in [0.4, 0.5) is 14.6 Å². The molecular weight excluding hydrogens is 364 g/mol. The largest absolute Gasteiger partial charge is 0.494 e. The van der Waals surface area contributed by atoms with Crippen molar-refractivity contribution in [1.29, 1.82) is 0 Å². The third-order valence-corrected chi connectivity index (χ3v) is 4.28. The molecule has 2 aromatic heterocycles. The predicted octanol–water partition coefficient (Wildman–Crippen LogP) is 4.08. The second kappa shape index (κ2) is 7.15. The molecule has 6 nitrogen and oxygen atoms in total. The van der Waals surface area contributed by atoms with Gasteiger partial charge in [-0.05, 0) is 35.9 Å². The summed E-state index contributed by atoms with van der Waals surface area (Å²) in [7, 11) is 3.23. The summed E-state index contributed by atoms with van der Waals surface area (Å²) in [4.78, 5) is 17.2. The van der Waals surface area contributed by atoms with Crippen LogP contribution in [0.2, 0.25) is 0 Å². The quantitative estimate of drug-likeness (QED) is 0.576. The summed E-state index contributed by atoms with van der Waals surface area (Å²) < 4.78 is 33.1. The Labute approximate surface area is 159 Å². The van der Waals surface area contributed by atoms with Crippen LogP contribution in [0, 0.1) is 11.6 Å². The molecule has 0 bridgehead atoms. The standard InChI is InChI=1S/C20H15F2N5O/c1-23-19-14-7-11(13-4-3-12(21)9-15(13)22)8-17(28-2)18(14)26-20(27-19)16-5-6-24-10-25-16/h3-10H,1-2H3,(H,23,26,27). The SMILES string of the molecule is CNc1nc(-c2ccncn2)nc2c(OC)cc(-c3ccc(F)cc3F)cc12. The number of fused-ring (bicyclic) bond motifs is 1. The van der Waals surface area contributed by atoms with Crippen LogP contribution in [-0.4, -0.2) is 34.1 Å². The number of aromatic nitrogens is 4. The van der Waals surface area contributed by atoms with Crippen molar-refractivity contribution in [1.82, 2.24) is 19.9 Å². The number of methoxy groups -OCH3 is 1. The van der Waals surface area contributed by atoms with Crippen molar-refractivity contribution < 1.29 is 13.5 Å². The Balaban J connectivity index is 1.98. The van der Waals surface area contributed by atoms with Crippen molar-refractivity contribution in [2.45, 2.75) is 0 Å². The highest BCUT2D eigenvalue weighted by Gasteiger charge is 2.17. The summed E-state index contributed by atoms with van der Waals surface area (Å²) in [5, 5.41) is 3.67. The number of benzene rings is 2. The van der Waals surface area contributed by atoms with Crippen molar-refractivity contribution in [2.24, 2.45) is 0 Å². The van der Waals surface area contributed by atoms with E-state index < -0.39 is 11.6 Å². The van der Waals surface area contributed by atoms with Crippen molar-refractivity contribution in [3.8, 4) is 28.4 Å². The van der Waals surface area contributed by atoms with Gasteiger partial charge < -0.3 is 10.1 Å². The summed E-state index contributed by atoms with van der Waals surface area (Å²) in [5.74, 6) is 0.0682. The molecular formula is C20H15F2N5O. The molecule has 0 aliphatic carbocycles. The zero-order valence-electron chi connectivity index (χ0n) is 15.1. The number of nitrogens with zero attached hydrogens (tertiary/aromatic N) is 4. The van der Waals surface area contributed by atoms with Crippen LogP contribution >= 0.6 is 0 Å². The Morgan fingerprint density at radius 1 is 1.04 bits per heavy atom. The highest BCUT2D eigenvalue weighted by atomic mass is 19.1. The van der Waals surface area contributed by atoms with E-state index in [1.54, 1.807) is 31.4 Å². The molecule has 1 N–H and O–H groups in total. The summed E-state index contributed by atoms with van der Waals surface area (Å²) in [5.41, 5.74) is 1.88. The average molecular weight is 379 g/mol. The molecule has 0 aliphatic heterocycles. The molecule has 140 valence electrons. The van der Waals surface area contributed by atoms with Crippen LogP contribution in [0.3, 0.4) is 0 Å². The van der Waals surface area contributed by atoms with Gasteiger partial charge >= 0.3 is 0 Å². The molecule has 0 amide bonds. The number of hydrogen-bond donors (Lipinski definition) is 1. The maximum Gasteiger partial charge on any atom is 0.181 e. The number of ether oxygens (including phenoxy) is 1. The normalized spacial score (nSPS) is 10.9. The number of rotatable bonds is 4. The van der Waals surface area contributed by atoms with Crippen LogP contribution < -0.4 is 10.1 Å². The first-order valence-electron chi connectivity index (χ1n) is 8.40. The number of halogens is 2. The second-order valence-electron chi connectivity index (χ2n) is 5.94. The van der Waals surface area contributed by atoms with Crippen molar-refractivity contribution in [3.63, 3.8) is 0 Å². The first-order valence-corrected chi connectivity index (χ1v) is 8.40. The minimum absolute atomic E-state index is 0.253. The summed E-state index contributed by atoms with van der Waals surface area (Å²) in [6.45, 7) is 0. The Kier molecular flexibility index (Phi) is 4.52. The van der Waals surface area contributed by atoms with E-state index in [1.807, 2.05) is 0 Å². The highest BCUT2D eigenvalue weighted by molar-refractivity contribution is 5.97. The Hall–Kier alpha value is -3.68. The molecule has 8 heteroatoms. The smallest absolute Gasteiger partial charge is 0.181 e. The first-order chi connectivity index (χ1) is 13.6. The van der Waals surface area contributed by atoms with Crippen molar-refractivity contribution >= 4 is 16.7 Å². The molecule has 0 saturated carbocycles. The average Bonchev–Trinajstić information content (AvgIpc) is 2.72. The molecule has 4 rings (SSSR count). The third-order valence-electron chi connectivity index (χ3n) is 4.28. The zero-order chi connectivity index (χ0) is 19.7. The van der Waals surface area contributed by atoms with Crippen LogP contribution in [0.15, 0.2) is 48.9 Å². The molecule has 2 aromatic carbocycles. The Morgan fingerprint density at radius 3 is 2.57 bits per heavy atom. The molecule has 0 spiro atoms. The van der Waals surface area contributed by atoms with Crippen LogP contribution in [-0.2, 0) is 0 Å². The lowest BCUT2D eigenvalue weighted by Crippen LogP contribution is -2.01. The predicted molar refractivity (Wildman–Crippen MR) is 102 cm³/mol. The molecule has 0 fully saturated rings. The van der Waals surface area contributed by atoms with Gasteiger partial charge in [0.1, 0.15) is 40.7 Å². The maximum absolute atomic E-state index is 14.3. The van der Waals surface area contributed by atoms with E-state index in [4.69, 9.17) is 4.74 Å². The minimum atomic E-state index is -0.661. The third kappa shape index (κ3) is 3.09. The summed E-state index contributed by atoms with van der Waals surface area (Å²) in [6, 6.07) is 8.55. The van der Waals surface area contributed by atoms with Gasteiger partial charge in [-0.25, -0.2) is 28.7 Å². The molecule has 0 atom stereocenters. The van der Waals surface area contributed by atoms with E-state index >= 15 is 0 Å². The van der Waals surface area contributed by atoms with Gasteiger partial charge in [0.05, 0.1) is 7.11 Å². The van der Waals surface area contributed by atoms with Gasteiger partial charge in [0.2, 0.25) is 0 Å². The van der Waals surface area contributed by atoms with Gasteiger partial charge in [0, 0.05) is 30.3 Å². The highest BCUT2D eigenvalue weighted by Crippen LogP contribution is 2.36. The fourth-order valence-corrected chi connectivity index (χ4v) is 2.96. The van der Waals surface area contributed by atoms with E-state index in [9.17, 15) is 8.78 Å². The molecule has 28 heavy (non-hydrogen) atoms. The number of nitrogens with one attached hydrogen (secondary N) is 1. The zero-order valence-corrected chi connectivity index (χ0v) is 15.1. The van der Waals surface area contributed by atoms with E-state index in [-0.39, 0.29) is 5.56 Å². The van der Waals surface area contributed by atoms with Crippen LogP contribution in [0.1, 0.15) is 0 Å². The molecule has 0 aliphatic rings. The van der Waals surface area contributed by atoms with Crippen molar-refractivity contribution in [2.75, 3.05) is 19.5 Å². The fraction of sp³-hybridized carbons (Fsp3) is 0.100. The van der Waals surface area contributed by atoms with E-state index in [0.717, 1.165) is 6.07 Å². The van der Waals surface area contributed by atoms with E-state index in [0.29, 0.717) is 39.6 Å². The minimum Gasteiger partial charge on any atom is -0.494 e. The lowest BCUT2D eigenvalue weighted by atomic mass is 10.0. The first kappa shape index (κ1) is 17.7. The molecule has 4 aromatic rings. The van der Waals surface area contributed by atoms with E-state index in [1.165, 1.54) is 25.6 Å². The van der Waals surface area contributed by atoms with Gasteiger partial charge in [-0.15, -0.1) is 0 Å². The van der Waals surface area contributed by atoms with Crippen molar-refractivity contribution in [3.05, 3.63) is 60.6 Å². The van der Waals surface area contributed by atoms with Gasteiger partial charge in [-0.2, -0.15) is 0 Å². The second-order valence-corrected chi connectivity index (χ2v) is 5.94. The molecule has 0 unspecified atom stereocenters. The Morgan fingerprint density at radius 2 is 1.89 bits per heavy atom. The molecule has 2 heterocycles. The van der Waals surface area contributed by atoms with Crippen LogP contribution in [0.5, 0.6) is 5.75 Å². The monoisotopic (exact) mass is 379 g/mol. The lowest BCUT2D eigenvalue weighted by molar-refractivity contribution is 0.419. The Bertz CT molecular complexity index is 1170. The fourth-order valence-electron chi connectivity index (χ4n) is 2.96. The van der Waals surface area contributed by atoms with Gasteiger partial charge in [-0.1, -0.05) is 0 Å². The lowest BCUT2D eigenvalue weighted by Gasteiger charge is -2.13. The number of hydrogen-bond acceptors (Lipinski definition) is 6. The van der Waals surface area contributed by atoms with Gasteiger partial charge in [0.15, 0.2) is 5.82 Å². The van der Waals surface area contributed by atoms with Crippen LogP contribution in [0.25, 0.3) is 33.5 Å². The van der Waals surface area contributed by atoms with E-state index in [2.05, 4.69) is 25.3 Å². The summed E-state index contributed by atoms with van der Waals surface area (Å²) in [6.07, 6.45) is 3.02. The van der Waals surface area contributed by atoms with Gasteiger partial charge in [-0.3, -0.25) is 0 Å². The topological polar surface area (TPSA) is 72.8 Å². The molecule has 0 radical (unpaired) electrons. The summed E-state index contributed by atoms with van der Waals surface area (Å²) >= 11 is 0. The number of anilines is 1. The molecule has 0 saturated heterocycles. The maximum atomic E-state index is 14.3.